The van der Waals surface area contributed by atoms with Gasteiger partial charge in [0, 0.05) is 11.6 Å². The number of carbonyl (C=O) groups excluding carboxylic acids is 2. The zero-order valence-corrected chi connectivity index (χ0v) is 14.5. The quantitative estimate of drug-likeness (QED) is 0.444. The Kier molecular flexibility index (Phi) is 6.49. The number of nitro groups is 1. The Bertz CT molecular complexity index is 918. The zero-order valence-electron chi connectivity index (χ0n) is 14.5. The van der Waals surface area contributed by atoms with Crippen LogP contribution in [0.4, 0.5) is 11.4 Å². The first-order valence-electron chi connectivity index (χ1n) is 8.01. The van der Waals surface area contributed by atoms with Gasteiger partial charge in [0.05, 0.1) is 29.3 Å². The summed E-state index contributed by atoms with van der Waals surface area (Å²) in [6, 6.07) is 10.3. The lowest BCUT2D eigenvalue weighted by molar-refractivity contribution is -0.385. The van der Waals surface area contributed by atoms with E-state index in [4.69, 9.17) is 11.2 Å². The number of nitrogens with one attached hydrogen (secondary N) is 2. The minimum absolute atomic E-state index is 0.0478. The normalized spacial score (nSPS) is 9.78. The molecule has 2 rings (SSSR count). The fourth-order valence-corrected chi connectivity index (χ4v) is 2.29. The number of nitrogens with zero attached hydrogens (tertiary/aromatic N) is 1. The first-order valence-corrected chi connectivity index (χ1v) is 8.01. The summed E-state index contributed by atoms with van der Waals surface area (Å²) in [5, 5.41) is 16.3. The van der Waals surface area contributed by atoms with Gasteiger partial charge in [-0.2, -0.15) is 0 Å². The molecule has 0 aromatic heterocycles. The third-order valence-electron chi connectivity index (χ3n) is 3.49. The van der Waals surface area contributed by atoms with Gasteiger partial charge in [0.15, 0.2) is 5.75 Å². The number of rotatable bonds is 7. The van der Waals surface area contributed by atoms with E-state index < -0.39 is 16.7 Å². The molecule has 0 bridgehead atoms. The van der Waals surface area contributed by atoms with Crippen molar-refractivity contribution in [3.8, 4) is 18.1 Å². The molecule has 2 amide bonds. The molecule has 0 unspecified atom stereocenters. The molecule has 0 aliphatic rings. The zero-order chi connectivity index (χ0) is 19.8. The van der Waals surface area contributed by atoms with Gasteiger partial charge < -0.3 is 15.4 Å². The maximum atomic E-state index is 12.5. The second-order valence-corrected chi connectivity index (χ2v) is 5.26. The third-order valence-corrected chi connectivity index (χ3v) is 3.49. The van der Waals surface area contributed by atoms with E-state index in [9.17, 15) is 19.7 Å². The number of anilines is 1. The molecule has 2 aromatic carbocycles. The number of carbonyl (C=O) groups is 2. The molecule has 0 atom stereocenters. The van der Waals surface area contributed by atoms with Crippen molar-refractivity contribution in [1.29, 1.82) is 0 Å². The predicted octanol–water partition coefficient (Wildman–Crippen LogP) is 2.61. The highest BCUT2D eigenvalue weighted by molar-refractivity contribution is 6.09. The molecular formula is C19H17N3O5. The minimum atomic E-state index is -0.622. The van der Waals surface area contributed by atoms with Crippen LogP contribution in [-0.4, -0.2) is 29.9 Å². The van der Waals surface area contributed by atoms with Crippen molar-refractivity contribution in [2.45, 2.75) is 6.92 Å². The number of para-hydroxylation sites is 1. The summed E-state index contributed by atoms with van der Waals surface area (Å²) in [6.45, 7) is 2.01. The van der Waals surface area contributed by atoms with E-state index in [1.54, 1.807) is 25.1 Å². The summed E-state index contributed by atoms with van der Waals surface area (Å²) < 4.78 is 5.20. The average molecular weight is 367 g/mol. The Labute approximate surface area is 155 Å². The number of hydrogen-bond donors (Lipinski definition) is 2. The van der Waals surface area contributed by atoms with Crippen LogP contribution in [0.25, 0.3) is 0 Å². The molecule has 0 saturated carbocycles. The van der Waals surface area contributed by atoms with Crippen molar-refractivity contribution in [2.75, 3.05) is 18.5 Å². The maximum absolute atomic E-state index is 12.5. The second kappa shape index (κ2) is 9.01. The first-order chi connectivity index (χ1) is 13.0. The number of ether oxygens (including phenoxy) is 1. The second-order valence-electron chi connectivity index (χ2n) is 5.26. The molecule has 2 N–H and O–H groups in total. The van der Waals surface area contributed by atoms with Crippen LogP contribution in [0, 0.1) is 22.5 Å². The molecule has 0 spiro atoms. The van der Waals surface area contributed by atoms with Crippen molar-refractivity contribution in [2.24, 2.45) is 0 Å². The van der Waals surface area contributed by atoms with E-state index >= 15 is 0 Å². The summed E-state index contributed by atoms with van der Waals surface area (Å²) in [5.41, 5.74) is 0.226. The Balaban J connectivity index is 2.28. The summed E-state index contributed by atoms with van der Waals surface area (Å²) in [6.07, 6.45) is 5.12. The Morgan fingerprint density at radius 3 is 2.63 bits per heavy atom. The maximum Gasteiger partial charge on any atom is 0.311 e. The lowest BCUT2D eigenvalue weighted by Crippen LogP contribution is -2.25. The van der Waals surface area contributed by atoms with Crippen LogP contribution in [0.15, 0.2) is 42.5 Å². The van der Waals surface area contributed by atoms with Crippen LogP contribution in [-0.2, 0) is 0 Å². The fraction of sp³-hybridized carbons (Fsp3) is 0.158. The number of amides is 2. The van der Waals surface area contributed by atoms with Gasteiger partial charge in [-0.05, 0) is 31.2 Å². The Morgan fingerprint density at radius 1 is 1.22 bits per heavy atom. The van der Waals surface area contributed by atoms with E-state index in [0.29, 0.717) is 0 Å². The molecule has 8 heteroatoms. The average Bonchev–Trinajstić information content (AvgIpc) is 2.66. The molecule has 0 saturated heterocycles. The van der Waals surface area contributed by atoms with E-state index in [2.05, 4.69) is 16.6 Å². The smallest absolute Gasteiger partial charge is 0.311 e. The molecule has 27 heavy (non-hydrogen) atoms. The Morgan fingerprint density at radius 2 is 1.96 bits per heavy atom. The van der Waals surface area contributed by atoms with Gasteiger partial charge in [-0.15, -0.1) is 6.42 Å². The lowest BCUT2D eigenvalue weighted by atomic mass is 10.1. The molecule has 2 aromatic rings. The summed E-state index contributed by atoms with van der Waals surface area (Å²) in [5.74, 6) is 1.33. The molecule has 0 heterocycles. The van der Waals surface area contributed by atoms with Gasteiger partial charge in [-0.1, -0.05) is 18.1 Å². The van der Waals surface area contributed by atoms with Crippen molar-refractivity contribution >= 4 is 23.2 Å². The van der Waals surface area contributed by atoms with Gasteiger partial charge in [0.25, 0.3) is 11.8 Å². The molecule has 8 nitrogen and oxygen atoms in total. The monoisotopic (exact) mass is 367 g/mol. The third kappa shape index (κ3) is 4.83. The van der Waals surface area contributed by atoms with Gasteiger partial charge in [-0.3, -0.25) is 19.7 Å². The number of benzene rings is 2. The topological polar surface area (TPSA) is 111 Å². The molecule has 0 aliphatic carbocycles. The highest BCUT2D eigenvalue weighted by atomic mass is 16.6. The lowest BCUT2D eigenvalue weighted by Gasteiger charge is -2.11. The molecule has 138 valence electrons. The van der Waals surface area contributed by atoms with Crippen LogP contribution in [0.3, 0.4) is 0 Å². The molecule has 0 radical (unpaired) electrons. The van der Waals surface area contributed by atoms with Crippen molar-refractivity contribution in [1.82, 2.24) is 5.32 Å². The van der Waals surface area contributed by atoms with Gasteiger partial charge >= 0.3 is 5.69 Å². The van der Waals surface area contributed by atoms with Crippen LogP contribution in [0.1, 0.15) is 27.6 Å². The van der Waals surface area contributed by atoms with E-state index in [1.165, 1.54) is 18.2 Å². The van der Waals surface area contributed by atoms with Crippen molar-refractivity contribution < 1.29 is 19.2 Å². The highest BCUT2D eigenvalue weighted by Gasteiger charge is 2.20. The van der Waals surface area contributed by atoms with E-state index in [-0.39, 0.29) is 41.4 Å². The standard InChI is InChI=1S/C19H17N3O5/c1-3-11-20-19(24)14-7-5-6-8-15(14)21-18(23)13-9-10-17(27-4-2)16(12-13)22(25)26/h1,5-10,12H,4,11H2,2H3,(H,20,24)(H,21,23). The van der Waals surface area contributed by atoms with Gasteiger partial charge in [0.1, 0.15) is 0 Å². The van der Waals surface area contributed by atoms with Crippen LogP contribution < -0.4 is 15.4 Å². The van der Waals surface area contributed by atoms with Crippen LogP contribution in [0.5, 0.6) is 5.75 Å². The predicted molar refractivity (Wildman–Crippen MR) is 99.8 cm³/mol. The van der Waals surface area contributed by atoms with Crippen LogP contribution >= 0.6 is 0 Å². The number of nitro benzene ring substituents is 1. The number of hydrogen-bond acceptors (Lipinski definition) is 5. The van der Waals surface area contributed by atoms with Gasteiger partial charge in [-0.25, -0.2) is 0 Å². The first kappa shape index (κ1) is 19.5. The summed E-state index contributed by atoms with van der Waals surface area (Å²) in [4.78, 5) is 35.2. The number of terminal acetylenes is 1. The van der Waals surface area contributed by atoms with Crippen LogP contribution in [0.2, 0.25) is 0 Å². The summed E-state index contributed by atoms with van der Waals surface area (Å²) >= 11 is 0. The molecule has 0 aliphatic heterocycles. The van der Waals surface area contributed by atoms with E-state index in [0.717, 1.165) is 6.07 Å². The minimum Gasteiger partial charge on any atom is -0.487 e. The van der Waals surface area contributed by atoms with E-state index in [1.807, 2.05) is 0 Å². The summed E-state index contributed by atoms with van der Waals surface area (Å²) in [7, 11) is 0. The Hall–Kier alpha value is -3.86. The largest absolute Gasteiger partial charge is 0.487 e. The van der Waals surface area contributed by atoms with Gasteiger partial charge in [0.2, 0.25) is 0 Å². The van der Waals surface area contributed by atoms with Crippen molar-refractivity contribution in [3.05, 3.63) is 63.7 Å². The van der Waals surface area contributed by atoms with Crippen molar-refractivity contribution in [3.63, 3.8) is 0 Å². The molecule has 0 fully saturated rings. The highest BCUT2D eigenvalue weighted by Crippen LogP contribution is 2.28. The molecular weight excluding hydrogens is 350 g/mol. The SMILES string of the molecule is C#CCNC(=O)c1ccccc1NC(=O)c1ccc(OCC)c([N+](=O)[O-])c1. The fourth-order valence-electron chi connectivity index (χ4n) is 2.29.